The number of carbonyl (C=O) groups is 2. The molecular weight excluding hydrogens is 404 g/mol. The summed E-state index contributed by atoms with van der Waals surface area (Å²) in [7, 11) is 0. The molecular formula is C20H20N6O3S. The number of thiophene rings is 1. The predicted molar refractivity (Wildman–Crippen MR) is 109 cm³/mol. The summed E-state index contributed by atoms with van der Waals surface area (Å²) in [6.45, 7) is 1.36. The van der Waals surface area contributed by atoms with Gasteiger partial charge in [-0.1, -0.05) is 6.07 Å². The van der Waals surface area contributed by atoms with Crippen LogP contribution in [0.25, 0.3) is 0 Å². The molecule has 2 amide bonds. The highest BCUT2D eigenvalue weighted by Gasteiger charge is 2.34. The van der Waals surface area contributed by atoms with Gasteiger partial charge in [-0.15, -0.1) is 11.3 Å². The van der Waals surface area contributed by atoms with E-state index in [0.29, 0.717) is 47.2 Å². The highest BCUT2D eigenvalue weighted by Crippen LogP contribution is 2.31. The van der Waals surface area contributed by atoms with Crippen molar-refractivity contribution in [1.82, 2.24) is 30.0 Å². The van der Waals surface area contributed by atoms with Gasteiger partial charge in [0.1, 0.15) is 11.5 Å². The van der Waals surface area contributed by atoms with Crippen LogP contribution in [0.1, 0.15) is 56.1 Å². The van der Waals surface area contributed by atoms with Crippen LogP contribution in [-0.4, -0.2) is 54.9 Å². The number of rotatable bonds is 3. The molecule has 154 valence electrons. The van der Waals surface area contributed by atoms with Crippen LogP contribution in [0.3, 0.4) is 0 Å². The maximum atomic E-state index is 12.9. The number of hydrogen-bond donors (Lipinski definition) is 2. The Labute approximate surface area is 175 Å². The Morgan fingerprint density at radius 1 is 1.20 bits per heavy atom. The van der Waals surface area contributed by atoms with Gasteiger partial charge in [0.15, 0.2) is 0 Å². The number of amides is 2. The molecule has 3 aromatic rings. The van der Waals surface area contributed by atoms with E-state index >= 15 is 0 Å². The monoisotopic (exact) mass is 424 g/mol. The molecule has 0 aromatic carbocycles. The van der Waals surface area contributed by atoms with Crippen molar-refractivity contribution in [3.8, 4) is 0 Å². The number of H-pyrrole nitrogens is 2. The first-order valence-electron chi connectivity index (χ1n) is 9.87. The van der Waals surface area contributed by atoms with E-state index in [1.54, 1.807) is 28.1 Å². The topological polar surface area (TPSA) is 115 Å². The van der Waals surface area contributed by atoms with E-state index in [9.17, 15) is 14.4 Å². The average Bonchev–Trinajstić information content (AvgIpc) is 3.54. The second kappa shape index (κ2) is 7.52. The Hall–Kier alpha value is -3.27. The van der Waals surface area contributed by atoms with Crippen LogP contribution >= 0.6 is 11.3 Å². The smallest absolute Gasteiger partial charge is 0.272 e. The van der Waals surface area contributed by atoms with Crippen LogP contribution in [0.15, 0.2) is 34.6 Å². The molecule has 9 nitrogen and oxygen atoms in total. The van der Waals surface area contributed by atoms with Gasteiger partial charge < -0.3 is 14.8 Å². The standard InChI is InChI=1S/C20H20N6O3S/c27-18-12-11-25(20(29)16-4-2-10-30-16)9-6-13(12)22-17(23-18)15-3-1-8-26(15)19(28)14-5-7-21-24-14/h2,4-5,7,10,15H,1,3,6,8-9,11H2,(H,21,24)(H,22,23,27). The van der Waals surface area contributed by atoms with Gasteiger partial charge in [-0.25, -0.2) is 4.98 Å². The highest BCUT2D eigenvalue weighted by molar-refractivity contribution is 7.12. The highest BCUT2D eigenvalue weighted by atomic mass is 32.1. The Bertz CT molecular complexity index is 1140. The number of aromatic nitrogens is 4. The van der Waals surface area contributed by atoms with Gasteiger partial charge in [-0.2, -0.15) is 5.10 Å². The summed E-state index contributed by atoms with van der Waals surface area (Å²) in [6.07, 6.45) is 3.64. The molecule has 0 aliphatic carbocycles. The third-order valence-corrected chi connectivity index (χ3v) is 6.52. The summed E-state index contributed by atoms with van der Waals surface area (Å²) >= 11 is 1.39. The van der Waals surface area contributed by atoms with Gasteiger partial charge in [0, 0.05) is 25.7 Å². The zero-order valence-electron chi connectivity index (χ0n) is 16.1. The van der Waals surface area contributed by atoms with Gasteiger partial charge in [0.2, 0.25) is 0 Å². The van der Waals surface area contributed by atoms with Crippen molar-refractivity contribution in [2.75, 3.05) is 13.1 Å². The fourth-order valence-corrected chi connectivity index (χ4v) is 4.85. The third-order valence-electron chi connectivity index (χ3n) is 5.67. The Morgan fingerprint density at radius 2 is 2.10 bits per heavy atom. The molecule has 0 saturated carbocycles. The molecule has 1 fully saturated rings. The number of hydrogen-bond acceptors (Lipinski definition) is 6. The van der Waals surface area contributed by atoms with E-state index in [-0.39, 0.29) is 30.0 Å². The average molecular weight is 424 g/mol. The Kier molecular flexibility index (Phi) is 4.70. The van der Waals surface area contributed by atoms with Gasteiger partial charge in [0.25, 0.3) is 17.4 Å². The van der Waals surface area contributed by atoms with Crippen LogP contribution in [-0.2, 0) is 13.0 Å². The fraction of sp³-hybridized carbons (Fsp3) is 0.350. The summed E-state index contributed by atoms with van der Waals surface area (Å²) in [6, 6.07) is 5.00. The second-order valence-electron chi connectivity index (χ2n) is 7.46. The molecule has 5 heterocycles. The van der Waals surface area contributed by atoms with Crippen molar-refractivity contribution >= 4 is 23.2 Å². The lowest BCUT2D eigenvalue weighted by atomic mass is 10.1. The summed E-state index contributed by atoms with van der Waals surface area (Å²) < 4.78 is 0. The Morgan fingerprint density at radius 3 is 2.87 bits per heavy atom. The number of carbonyl (C=O) groups excluding carboxylic acids is 2. The summed E-state index contributed by atoms with van der Waals surface area (Å²) in [5.41, 5.74) is 1.42. The van der Waals surface area contributed by atoms with E-state index in [1.165, 1.54) is 11.3 Å². The lowest BCUT2D eigenvalue weighted by molar-refractivity contribution is 0.0714. The molecule has 5 rings (SSSR count). The van der Waals surface area contributed by atoms with Crippen molar-refractivity contribution in [1.29, 1.82) is 0 Å². The largest absolute Gasteiger partial charge is 0.333 e. The number of aromatic amines is 2. The first kappa shape index (κ1) is 18.7. The molecule has 2 N–H and O–H groups in total. The maximum absolute atomic E-state index is 12.9. The zero-order chi connectivity index (χ0) is 20.7. The van der Waals surface area contributed by atoms with Crippen molar-refractivity contribution in [2.24, 2.45) is 0 Å². The second-order valence-corrected chi connectivity index (χ2v) is 8.41. The van der Waals surface area contributed by atoms with Gasteiger partial charge in [0.05, 0.1) is 28.7 Å². The minimum atomic E-state index is -0.274. The zero-order valence-corrected chi connectivity index (χ0v) is 16.9. The minimum absolute atomic E-state index is 0.0637. The molecule has 0 radical (unpaired) electrons. The molecule has 1 unspecified atom stereocenters. The van der Waals surface area contributed by atoms with Crippen LogP contribution < -0.4 is 5.56 Å². The molecule has 0 bridgehead atoms. The van der Waals surface area contributed by atoms with Crippen LogP contribution in [0.4, 0.5) is 0 Å². The van der Waals surface area contributed by atoms with Crippen LogP contribution in [0.2, 0.25) is 0 Å². The number of fused-ring (bicyclic) bond motifs is 1. The van der Waals surface area contributed by atoms with Crippen LogP contribution in [0.5, 0.6) is 0 Å². The van der Waals surface area contributed by atoms with E-state index in [1.807, 2.05) is 11.4 Å². The third kappa shape index (κ3) is 3.22. The summed E-state index contributed by atoms with van der Waals surface area (Å²) in [5, 5.41) is 8.42. The Balaban J connectivity index is 1.40. The van der Waals surface area contributed by atoms with Crippen LogP contribution in [0, 0.1) is 0 Å². The summed E-state index contributed by atoms with van der Waals surface area (Å²) in [5.74, 6) is 0.302. The van der Waals surface area contributed by atoms with E-state index in [0.717, 1.165) is 12.8 Å². The molecule has 30 heavy (non-hydrogen) atoms. The van der Waals surface area contributed by atoms with E-state index < -0.39 is 0 Å². The SMILES string of the molecule is O=C(c1cccs1)N1CCc2nc(C3CCCN3C(=O)c3ccn[nH]3)[nH]c(=O)c2C1. The molecule has 1 atom stereocenters. The predicted octanol–water partition coefficient (Wildman–Crippen LogP) is 1.73. The van der Waals surface area contributed by atoms with Gasteiger partial charge >= 0.3 is 0 Å². The lowest BCUT2D eigenvalue weighted by Crippen LogP contribution is -2.40. The van der Waals surface area contributed by atoms with Crippen molar-refractivity contribution in [2.45, 2.75) is 31.8 Å². The normalized spacial score (nSPS) is 18.5. The first-order valence-corrected chi connectivity index (χ1v) is 10.7. The molecule has 1 saturated heterocycles. The maximum Gasteiger partial charge on any atom is 0.272 e. The summed E-state index contributed by atoms with van der Waals surface area (Å²) in [4.78, 5) is 50.0. The van der Waals surface area contributed by atoms with E-state index in [4.69, 9.17) is 4.98 Å². The molecule has 0 spiro atoms. The fourth-order valence-electron chi connectivity index (χ4n) is 4.16. The molecule has 2 aliphatic rings. The molecule has 10 heteroatoms. The number of nitrogens with zero attached hydrogens (tertiary/aromatic N) is 4. The molecule has 2 aliphatic heterocycles. The lowest BCUT2D eigenvalue weighted by Gasteiger charge is -2.29. The van der Waals surface area contributed by atoms with Gasteiger partial charge in [-0.3, -0.25) is 19.5 Å². The van der Waals surface area contributed by atoms with Crippen molar-refractivity contribution < 1.29 is 9.59 Å². The van der Waals surface area contributed by atoms with Crippen molar-refractivity contribution in [3.05, 3.63) is 67.8 Å². The first-order chi connectivity index (χ1) is 14.6. The molecule has 3 aromatic heterocycles. The minimum Gasteiger partial charge on any atom is -0.333 e. The number of nitrogens with one attached hydrogen (secondary N) is 2. The number of likely N-dealkylation sites (tertiary alicyclic amines) is 1. The van der Waals surface area contributed by atoms with E-state index in [2.05, 4.69) is 15.2 Å². The van der Waals surface area contributed by atoms with Gasteiger partial charge in [-0.05, 0) is 30.4 Å². The van der Waals surface area contributed by atoms with Crippen molar-refractivity contribution in [3.63, 3.8) is 0 Å². The quantitative estimate of drug-likeness (QED) is 0.664.